The van der Waals surface area contributed by atoms with Gasteiger partial charge in [0.15, 0.2) is 0 Å². The van der Waals surface area contributed by atoms with Crippen LogP contribution in [0.15, 0.2) is 91.0 Å². The Morgan fingerprint density at radius 1 is 0.609 bits per heavy atom. The van der Waals surface area contributed by atoms with Crippen LogP contribution in [0.2, 0.25) is 0 Å². The molecule has 0 spiro atoms. The number of rotatable bonds is 4. The summed E-state index contributed by atoms with van der Waals surface area (Å²) < 4.78 is 0.368. The van der Waals surface area contributed by atoms with E-state index in [1.165, 1.54) is 15.9 Å². The number of alkyl halides is 1. The molecule has 3 rings (SSSR count). The van der Waals surface area contributed by atoms with E-state index in [4.69, 9.17) is 0 Å². The van der Waals surface area contributed by atoms with Crippen molar-refractivity contribution in [2.24, 2.45) is 0 Å². The van der Waals surface area contributed by atoms with Crippen LogP contribution < -0.4 is 32.9 Å². The fourth-order valence-electron chi connectivity index (χ4n) is 3.05. The Balaban J connectivity index is 0.00000192. The van der Waals surface area contributed by atoms with Gasteiger partial charge in [-0.2, -0.15) is 0 Å². The second kappa shape index (κ2) is 8.24. The third-order valence-electron chi connectivity index (χ3n) is 4.02. The average Bonchev–Trinajstić information content (AvgIpc) is 2.58. The van der Waals surface area contributed by atoms with E-state index in [1.807, 2.05) is 0 Å². The van der Waals surface area contributed by atoms with E-state index in [-0.39, 0.29) is 17.0 Å². The van der Waals surface area contributed by atoms with Gasteiger partial charge in [-0.3, -0.25) is 0 Å². The van der Waals surface area contributed by atoms with Crippen molar-refractivity contribution < 1.29 is 17.0 Å². The summed E-state index contributed by atoms with van der Waals surface area (Å²) in [6.45, 7) is 2.28. The summed E-state index contributed by atoms with van der Waals surface area (Å²) in [6.07, 6.45) is 0. The molecule has 118 valence electrons. The third-order valence-corrected chi connectivity index (χ3v) is 10.3. The molecule has 0 saturated carbocycles. The van der Waals surface area contributed by atoms with Crippen LogP contribution in [0.1, 0.15) is 6.92 Å². The molecule has 23 heavy (non-hydrogen) atoms. The zero-order valence-corrected chi connectivity index (χ0v) is 17.0. The van der Waals surface area contributed by atoms with Crippen LogP contribution >= 0.6 is 23.2 Å². The number of hydrogen-bond acceptors (Lipinski definition) is 0. The average molecular weight is 450 g/mol. The second-order valence-electron chi connectivity index (χ2n) is 5.30. The lowest BCUT2D eigenvalue weighted by atomic mass is 10.4. The molecule has 0 aliphatic rings. The molecule has 0 aliphatic heterocycles. The van der Waals surface area contributed by atoms with E-state index in [9.17, 15) is 0 Å². The van der Waals surface area contributed by atoms with Crippen LogP contribution in [0.3, 0.4) is 0 Å². The minimum absolute atomic E-state index is 0. The van der Waals surface area contributed by atoms with Crippen LogP contribution in [0.25, 0.3) is 0 Å². The topological polar surface area (TPSA) is 0 Å². The largest absolute Gasteiger partial charge is 1.00 e. The Labute approximate surface area is 158 Å². The maximum absolute atomic E-state index is 3.96. The van der Waals surface area contributed by atoms with Crippen molar-refractivity contribution in [3.63, 3.8) is 0 Å². The molecular weight excluding hydrogens is 431 g/mol. The minimum Gasteiger partial charge on any atom is -1.00 e. The van der Waals surface area contributed by atoms with E-state index in [0.717, 1.165) is 0 Å². The highest BCUT2D eigenvalue weighted by molar-refractivity contribution is 9.11. The number of hydrogen-bond donors (Lipinski definition) is 0. The lowest BCUT2D eigenvalue weighted by Gasteiger charge is -2.29. The molecule has 1 unspecified atom stereocenters. The molecule has 0 aromatic heterocycles. The Hall–Kier alpha value is -0.950. The first kappa shape index (κ1) is 18.4. The summed E-state index contributed by atoms with van der Waals surface area (Å²) in [5.74, 6) is 0. The van der Waals surface area contributed by atoms with Crippen LogP contribution in [-0.4, -0.2) is 4.57 Å². The molecule has 1 atom stereocenters. The normalized spacial score (nSPS) is 12.3. The van der Waals surface area contributed by atoms with Gasteiger partial charge in [-0.1, -0.05) is 54.6 Å². The monoisotopic (exact) mass is 448 g/mol. The smallest absolute Gasteiger partial charge is 0.135 e. The van der Waals surface area contributed by atoms with Gasteiger partial charge in [-0.25, -0.2) is 0 Å². The molecule has 3 aromatic carbocycles. The van der Waals surface area contributed by atoms with Crippen molar-refractivity contribution in [3.8, 4) is 0 Å². The number of benzene rings is 3. The second-order valence-corrected chi connectivity index (χ2v) is 11.2. The Morgan fingerprint density at radius 3 is 1.09 bits per heavy atom. The molecular formula is C20H19Br2P. The van der Waals surface area contributed by atoms with Crippen molar-refractivity contribution >= 4 is 39.1 Å². The predicted molar refractivity (Wildman–Crippen MR) is 104 cm³/mol. The van der Waals surface area contributed by atoms with Gasteiger partial charge in [-0.15, -0.1) is 0 Å². The van der Waals surface area contributed by atoms with E-state index in [0.29, 0.717) is 4.57 Å². The van der Waals surface area contributed by atoms with Gasteiger partial charge in [0.25, 0.3) is 0 Å². The molecule has 0 saturated heterocycles. The highest BCUT2D eigenvalue weighted by Gasteiger charge is 2.49. The van der Waals surface area contributed by atoms with Crippen molar-refractivity contribution in [2.45, 2.75) is 11.5 Å². The molecule has 0 nitrogen and oxygen atoms in total. The van der Waals surface area contributed by atoms with E-state index < -0.39 is 7.26 Å². The molecule has 0 heterocycles. The fraction of sp³-hybridized carbons (Fsp3) is 0.100. The van der Waals surface area contributed by atoms with Crippen LogP contribution in [0, 0.1) is 0 Å². The summed E-state index contributed by atoms with van der Waals surface area (Å²) in [7, 11) is -1.71. The van der Waals surface area contributed by atoms with Crippen molar-refractivity contribution in [3.05, 3.63) is 91.0 Å². The van der Waals surface area contributed by atoms with Gasteiger partial charge in [0.2, 0.25) is 0 Å². The van der Waals surface area contributed by atoms with Crippen LogP contribution in [-0.2, 0) is 0 Å². The van der Waals surface area contributed by atoms with Crippen molar-refractivity contribution in [2.75, 3.05) is 0 Å². The molecule has 0 amide bonds. The lowest BCUT2D eigenvalue weighted by Crippen LogP contribution is -3.00. The zero-order valence-electron chi connectivity index (χ0n) is 12.9. The fourth-order valence-corrected chi connectivity index (χ4v) is 9.23. The Kier molecular flexibility index (Phi) is 6.59. The van der Waals surface area contributed by atoms with Gasteiger partial charge in [-0.05, 0) is 59.3 Å². The summed E-state index contributed by atoms with van der Waals surface area (Å²) >= 11 is 3.96. The summed E-state index contributed by atoms with van der Waals surface area (Å²) in [4.78, 5) is 0. The highest BCUT2D eigenvalue weighted by atomic mass is 79.9. The Morgan fingerprint density at radius 2 is 0.870 bits per heavy atom. The molecule has 0 aliphatic carbocycles. The molecule has 0 radical (unpaired) electrons. The molecule has 0 N–H and O–H groups in total. The molecule has 3 heteroatoms. The quantitative estimate of drug-likeness (QED) is 0.420. The first-order chi connectivity index (χ1) is 10.8. The van der Waals surface area contributed by atoms with Crippen LogP contribution in [0.4, 0.5) is 0 Å². The highest BCUT2D eigenvalue weighted by Crippen LogP contribution is 2.61. The summed E-state index contributed by atoms with van der Waals surface area (Å²) in [5.41, 5.74) is 0. The Bertz CT molecular complexity index is 616. The maximum atomic E-state index is 3.96. The van der Waals surface area contributed by atoms with Crippen molar-refractivity contribution in [1.82, 2.24) is 0 Å². The summed E-state index contributed by atoms with van der Waals surface area (Å²) in [6, 6.07) is 32.8. The summed E-state index contributed by atoms with van der Waals surface area (Å²) in [5, 5.41) is 4.24. The van der Waals surface area contributed by atoms with Gasteiger partial charge < -0.3 is 17.0 Å². The van der Waals surface area contributed by atoms with Crippen molar-refractivity contribution in [1.29, 1.82) is 0 Å². The van der Waals surface area contributed by atoms with E-state index in [1.54, 1.807) is 0 Å². The van der Waals surface area contributed by atoms with Gasteiger partial charge in [0.05, 0.1) is 0 Å². The first-order valence-corrected chi connectivity index (χ1v) is 10.2. The molecule has 0 bridgehead atoms. The molecule has 3 aromatic rings. The SMILES string of the molecule is CC(Br)[P+](c1ccccc1)(c1ccccc1)c1ccccc1.[Br-]. The third kappa shape index (κ3) is 3.45. The lowest BCUT2D eigenvalue weighted by molar-refractivity contribution is -0.00000416. The predicted octanol–water partition coefficient (Wildman–Crippen LogP) is 1.73. The van der Waals surface area contributed by atoms with Gasteiger partial charge in [0.1, 0.15) is 27.7 Å². The van der Waals surface area contributed by atoms with Crippen LogP contribution in [0.5, 0.6) is 0 Å². The van der Waals surface area contributed by atoms with E-state index >= 15 is 0 Å². The maximum Gasteiger partial charge on any atom is 0.135 e. The van der Waals surface area contributed by atoms with Gasteiger partial charge in [0, 0.05) is 0 Å². The standard InChI is InChI=1S/C20H19BrP.BrH/c1-17(21)22(18-11-5-2-6-12-18,19-13-7-3-8-14-19)20-15-9-4-10-16-20;/h2-17H,1H3;1H/q+1;/p-1. The first-order valence-electron chi connectivity index (χ1n) is 7.46. The van der Waals surface area contributed by atoms with Gasteiger partial charge >= 0.3 is 0 Å². The van der Waals surface area contributed by atoms with E-state index in [2.05, 4.69) is 114 Å². The zero-order chi connectivity index (χ0) is 15.4. The minimum atomic E-state index is -1.71. The molecule has 0 fully saturated rings. The number of halogens is 2.